The number of aromatic carboxylic acids is 1. The van der Waals surface area contributed by atoms with Crippen molar-refractivity contribution in [1.29, 1.82) is 0 Å². The molecule has 8 heteroatoms. The average molecular weight is 329 g/mol. The summed E-state index contributed by atoms with van der Waals surface area (Å²) in [7, 11) is 0. The zero-order chi connectivity index (χ0) is 13.5. The molecule has 1 saturated carbocycles. The number of pyridine rings is 1. The van der Waals surface area contributed by atoms with E-state index in [0.29, 0.717) is 5.56 Å². The van der Waals surface area contributed by atoms with Crippen LogP contribution in [0.5, 0.6) is 0 Å². The van der Waals surface area contributed by atoms with E-state index in [1.54, 1.807) is 18.3 Å². The molecular weight excluding hydrogens is 316 g/mol. The van der Waals surface area contributed by atoms with Gasteiger partial charge in [-0.3, -0.25) is 4.98 Å². The number of aromatic nitrogens is 1. The van der Waals surface area contributed by atoms with Gasteiger partial charge >= 0.3 is 109 Å². The quantitative estimate of drug-likeness (QED) is 0.550. The maximum atomic E-state index is 10.8. The number of hydrogen-bond acceptors (Lipinski definition) is 5. The fourth-order valence-electron chi connectivity index (χ4n) is 1.58. The van der Waals surface area contributed by atoms with Gasteiger partial charge in [0.05, 0.1) is 11.3 Å². The van der Waals surface area contributed by atoms with Gasteiger partial charge in [-0.05, 0) is 37.0 Å². The predicted octanol–water partition coefficient (Wildman–Crippen LogP) is -6.32. The van der Waals surface area contributed by atoms with Gasteiger partial charge in [-0.15, -0.1) is 0 Å². The molecular formula is C12H13K2NO5. The van der Waals surface area contributed by atoms with Crippen LogP contribution in [0.25, 0.3) is 0 Å². The average Bonchev–Trinajstić information content (AvgIpc) is 3.09. The Morgan fingerprint density at radius 2 is 1.85 bits per heavy atom. The summed E-state index contributed by atoms with van der Waals surface area (Å²) < 4.78 is 0. The van der Waals surface area contributed by atoms with Gasteiger partial charge in [0.2, 0.25) is 0 Å². The molecule has 20 heavy (non-hydrogen) atoms. The smallest absolute Gasteiger partial charge is 0.652 e. The summed E-state index contributed by atoms with van der Waals surface area (Å²) >= 11 is 0. The molecule has 1 N–H and O–H groups in total. The first-order valence-corrected chi connectivity index (χ1v) is 5.56. The van der Waals surface area contributed by atoms with Crippen molar-refractivity contribution >= 4 is 12.1 Å². The minimum Gasteiger partial charge on any atom is -0.652 e. The van der Waals surface area contributed by atoms with Gasteiger partial charge in [0.15, 0.2) is 0 Å². The van der Waals surface area contributed by atoms with Crippen molar-refractivity contribution in [2.75, 3.05) is 0 Å². The third-order valence-corrected chi connectivity index (χ3v) is 2.61. The Labute approximate surface area is 202 Å². The molecule has 0 atom stereocenters. The van der Waals surface area contributed by atoms with Crippen LogP contribution in [0.1, 0.15) is 35.3 Å². The predicted molar refractivity (Wildman–Crippen MR) is 57.6 cm³/mol. The molecule has 6 nitrogen and oxygen atoms in total. The minimum absolute atomic E-state index is 0. The second kappa shape index (κ2) is 12.7. The first kappa shape index (κ1) is 23.4. The number of carboxylic acid groups (broad SMARTS) is 3. The molecule has 1 aliphatic rings. The van der Waals surface area contributed by atoms with Crippen molar-refractivity contribution in [3.05, 3.63) is 29.6 Å². The fourth-order valence-corrected chi connectivity index (χ4v) is 1.58. The molecule has 2 rings (SSSR count). The van der Waals surface area contributed by atoms with E-state index in [9.17, 15) is 4.79 Å². The molecule has 0 unspecified atom stereocenters. The molecule has 0 spiro atoms. The third kappa shape index (κ3) is 10.8. The van der Waals surface area contributed by atoms with E-state index in [4.69, 9.17) is 20.1 Å². The largest absolute Gasteiger partial charge is 1.00 e. The zero-order valence-corrected chi connectivity index (χ0v) is 17.9. The van der Waals surface area contributed by atoms with E-state index in [0.717, 1.165) is 24.5 Å². The summed E-state index contributed by atoms with van der Waals surface area (Å²) in [6.07, 6.45) is 3.81. The number of nitrogens with zero attached hydrogens (tertiary/aromatic N) is 1. The summed E-state index contributed by atoms with van der Waals surface area (Å²) in [5.74, 6) is -0.0532. The van der Waals surface area contributed by atoms with E-state index in [1.807, 2.05) is 0 Å². The molecule has 0 radical (unpaired) electrons. The Hall–Kier alpha value is 1.16. The molecule has 1 aliphatic carbocycles. The maximum absolute atomic E-state index is 10.8. The molecule has 1 aromatic heterocycles. The van der Waals surface area contributed by atoms with Crippen molar-refractivity contribution < 1.29 is 128 Å². The number of carbonyl (C=O) groups is 2. The van der Waals surface area contributed by atoms with Gasteiger partial charge in [0.1, 0.15) is 0 Å². The Morgan fingerprint density at radius 3 is 2.30 bits per heavy atom. The second-order valence-electron chi connectivity index (χ2n) is 4.03. The fraction of sp³-hybridized carbons (Fsp3) is 0.417. The van der Waals surface area contributed by atoms with Crippen LogP contribution in [-0.4, -0.2) is 22.2 Å². The first-order valence-electron chi connectivity index (χ1n) is 5.56. The Bertz CT molecular complexity index is 434. The molecule has 1 aromatic rings. The number of aryl methyl sites for hydroxylation is 1. The summed E-state index contributed by atoms with van der Waals surface area (Å²) in [5, 5.41) is 25.6. The van der Waals surface area contributed by atoms with Crippen molar-refractivity contribution in [3.8, 4) is 0 Å². The summed E-state index contributed by atoms with van der Waals surface area (Å²) in [6.45, 7) is 0. The molecule has 1 fully saturated rings. The van der Waals surface area contributed by atoms with Crippen LogP contribution in [0.15, 0.2) is 18.3 Å². The number of rotatable bonds is 4. The van der Waals surface area contributed by atoms with Crippen molar-refractivity contribution in [3.63, 3.8) is 0 Å². The molecule has 98 valence electrons. The van der Waals surface area contributed by atoms with Crippen LogP contribution >= 0.6 is 0 Å². The van der Waals surface area contributed by atoms with Gasteiger partial charge in [0, 0.05) is 6.20 Å². The SMILES string of the molecule is O=C(O)c1cccnc1CCC1CC1.O=C([O-])[O-].[K+].[K+]. The number of carbonyl (C=O) groups excluding carboxylic acids is 1. The van der Waals surface area contributed by atoms with E-state index in [1.165, 1.54) is 12.8 Å². The molecule has 0 amide bonds. The molecule has 0 aromatic carbocycles. The van der Waals surface area contributed by atoms with Gasteiger partial charge in [-0.25, -0.2) is 4.79 Å². The summed E-state index contributed by atoms with van der Waals surface area (Å²) in [5.41, 5.74) is 1.08. The monoisotopic (exact) mass is 329 g/mol. The van der Waals surface area contributed by atoms with Gasteiger partial charge in [0.25, 0.3) is 0 Å². The first-order chi connectivity index (χ1) is 8.50. The molecule has 1 heterocycles. The van der Waals surface area contributed by atoms with Crippen molar-refractivity contribution in [2.24, 2.45) is 5.92 Å². The topological polar surface area (TPSA) is 113 Å². The van der Waals surface area contributed by atoms with Crippen LogP contribution in [0.3, 0.4) is 0 Å². The molecule has 0 aliphatic heterocycles. The number of carboxylic acids is 1. The van der Waals surface area contributed by atoms with Crippen LogP contribution in [0.2, 0.25) is 0 Å². The molecule has 0 bridgehead atoms. The van der Waals surface area contributed by atoms with Gasteiger partial charge in [-0.2, -0.15) is 0 Å². The minimum atomic E-state index is -2.33. The zero-order valence-electron chi connectivity index (χ0n) is 11.7. The van der Waals surface area contributed by atoms with Crippen LogP contribution in [0, 0.1) is 5.92 Å². The van der Waals surface area contributed by atoms with Crippen molar-refractivity contribution in [1.82, 2.24) is 4.98 Å². The Kier molecular flexibility index (Phi) is 14.9. The van der Waals surface area contributed by atoms with E-state index in [2.05, 4.69) is 4.98 Å². The Balaban J connectivity index is 0. The normalized spacial score (nSPS) is 12.0. The maximum Gasteiger partial charge on any atom is 1.00 e. The second-order valence-corrected chi connectivity index (χ2v) is 4.03. The van der Waals surface area contributed by atoms with Crippen LogP contribution < -0.4 is 113 Å². The van der Waals surface area contributed by atoms with Gasteiger partial charge in [-0.1, -0.05) is 12.8 Å². The van der Waals surface area contributed by atoms with E-state index in [-0.39, 0.29) is 103 Å². The van der Waals surface area contributed by atoms with Gasteiger partial charge < -0.3 is 20.1 Å². The van der Waals surface area contributed by atoms with Crippen molar-refractivity contribution in [2.45, 2.75) is 25.7 Å². The van der Waals surface area contributed by atoms with E-state index < -0.39 is 12.1 Å². The standard InChI is InChI=1S/C11H13NO2.CH2O3.2K/c13-11(14)9-2-1-7-12-10(9)6-5-8-3-4-8;2-1(3)4;;/h1-2,7-8H,3-6H2,(H,13,14);(H2,2,3,4);;/q;;2*+1/p-2. The Morgan fingerprint density at radius 1 is 1.30 bits per heavy atom. The number of hydrogen-bond donors (Lipinski definition) is 1. The third-order valence-electron chi connectivity index (χ3n) is 2.61. The summed E-state index contributed by atoms with van der Waals surface area (Å²) in [6, 6.07) is 3.29. The van der Waals surface area contributed by atoms with E-state index >= 15 is 0 Å². The van der Waals surface area contributed by atoms with Crippen LogP contribution in [0.4, 0.5) is 4.79 Å². The summed E-state index contributed by atoms with van der Waals surface area (Å²) in [4.78, 5) is 23.3. The molecule has 0 saturated heterocycles. The van der Waals surface area contributed by atoms with Crippen LogP contribution in [-0.2, 0) is 6.42 Å².